The molecule has 1 aromatic heterocycles. The molecule has 1 amide bonds. The quantitative estimate of drug-likeness (QED) is 0.284. The standard InChI is InChI=1S/C26H23N3O3/c1-17-15-21(18(2)29(17)22-13-11-20(12-14-22)26(31)32-3)16-27-28-25(30)24-10-6-8-19-7-4-5-9-23(19)24/h4-16H,1-3H3,(H,28,30)/b27-16-. The molecular formula is C26H23N3O3. The van der Waals surface area contributed by atoms with Crippen LogP contribution >= 0.6 is 0 Å². The summed E-state index contributed by atoms with van der Waals surface area (Å²) in [4.78, 5) is 24.3. The summed E-state index contributed by atoms with van der Waals surface area (Å²) in [5, 5.41) is 6.07. The number of ether oxygens (including phenoxy) is 1. The van der Waals surface area contributed by atoms with Crippen molar-refractivity contribution in [2.24, 2.45) is 5.10 Å². The van der Waals surface area contributed by atoms with Crippen molar-refractivity contribution in [3.63, 3.8) is 0 Å². The minimum Gasteiger partial charge on any atom is -0.465 e. The number of esters is 1. The number of carbonyl (C=O) groups is 2. The third-order valence-electron chi connectivity index (χ3n) is 5.42. The van der Waals surface area contributed by atoms with E-state index in [-0.39, 0.29) is 11.9 Å². The van der Waals surface area contributed by atoms with E-state index in [1.807, 2.05) is 68.4 Å². The highest BCUT2D eigenvalue weighted by atomic mass is 16.5. The molecule has 0 radical (unpaired) electrons. The maximum atomic E-state index is 12.7. The number of amides is 1. The van der Waals surface area contributed by atoms with Crippen molar-refractivity contribution in [1.82, 2.24) is 9.99 Å². The third-order valence-corrected chi connectivity index (χ3v) is 5.42. The minimum atomic E-state index is -0.368. The van der Waals surface area contributed by atoms with Crippen molar-refractivity contribution in [2.75, 3.05) is 7.11 Å². The predicted molar refractivity (Wildman–Crippen MR) is 126 cm³/mol. The molecule has 6 nitrogen and oxygen atoms in total. The fourth-order valence-corrected chi connectivity index (χ4v) is 3.82. The first-order chi connectivity index (χ1) is 15.5. The van der Waals surface area contributed by atoms with E-state index in [9.17, 15) is 9.59 Å². The topological polar surface area (TPSA) is 72.7 Å². The number of nitrogens with zero attached hydrogens (tertiary/aromatic N) is 2. The average molecular weight is 425 g/mol. The lowest BCUT2D eigenvalue weighted by molar-refractivity contribution is 0.0600. The largest absolute Gasteiger partial charge is 0.465 e. The van der Waals surface area contributed by atoms with Crippen molar-refractivity contribution in [2.45, 2.75) is 13.8 Å². The number of hydrazone groups is 1. The van der Waals surface area contributed by atoms with Gasteiger partial charge in [-0.3, -0.25) is 4.79 Å². The molecule has 0 aliphatic heterocycles. The lowest BCUT2D eigenvalue weighted by Gasteiger charge is -2.10. The molecule has 32 heavy (non-hydrogen) atoms. The zero-order chi connectivity index (χ0) is 22.7. The summed E-state index contributed by atoms with van der Waals surface area (Å²) in [6.45, 7) is 3.97. The van der Waals surface area contributed by atoms with Crippen LogP contribution in [-0.2, 0) is 4.74 Å². The summed E-state index contributed by atoms with van der Waals surface area (Å²) in [6, 6.07) is 22.6. The molecule has 1 heterocycles. The molecule has 1 N–H and O–H groups in total. The number of aryl methyl sites for hydroxylation is 1. The Bertz CT molecular complexity index is 1330. The lowest BCUT2D eigenvalue weighted by atomic mass is 10.0. The van der Waals surface area contributed by atoms with Crippen molar-refractivity contribution < 1.29 is 14.3 Å². The van der Waals surface area contributed by atoms with Crippen LogP contribution in [0.3, 0.4) is 0 Å². The van der Waals surface area contributed by atoms with Crippen LogP contribution in [-0.4, -0.2) is 29.8 Å². The molecular weight excluding hydrogens is 402 g/mol. The summed E-state index contributed by atoms with van der Waals surface area (Å²) >= 11 is 0. The number of nitrogens with one attached hydrogen (secondary N) is 1. The average Bonchev–Trinajstić information content (AvgIpc) is 3.11. The fraction of sp³-hybridized carbons (Fsp3) is 0.115. The molecule has 0 aliphatic carbocycles. The second-order valence-corrected chi connectivity index (χ2v) is 7.43. The second-order valence-electron chi connectivity index (χ2n) is 7.43. The van der Waals surface area contributed by atoms with Crippen molar-refractivity contribution in [1.29, 1.82) is 0 Å². The number of fused-ring (bicyclic) bond motifs is 1. The van der Waals surface area contributed by atoms with Gasteiger partial charge in [0.15, 0.2) is 0 Å². The van der Waals surface area contributed by atoms with Crippen molar-refractivity contribution in [3.05, 3.63) is 101 Å². The number of aromatic nitrogens is 1. The van der Waals surface area contributed by atoms with Gasteiger partial charge in [-0.25, -0.2) is 10.2 Å². The highest BCUT2D eigenvalue weighted by Gasteiger charge is 2.12. The molecule has 0 aliphatic rings. The molecule has 0 spiro atoms. The number of methoxy groups -OCH3 is 1. The molecule has 4 aromatic rings. The molecule has 3 aromatic carbocycles. The van der Waals surface area contributed by atoms with Crippen LogP contribution < -0.4 is 5.43 Å². The summed E-state index contributed by atoms with van der Waals surface area (Å²) < 4.78 is 6.82. The second kappa shape index (κ2) is 8.89. The molecule has 0 saturated heterocycles. The molecule has 160 valence electrons. The zero-order valence-corrected chi connectivity index (χ0v) is 18.1. The SMILES string of the molecule is COC(=O)c1ccc(-n2c(C)cc(/C=N\NC(=O)c3cccc4ccccc34)c2C)cc1. The van der Waals surface area contributed by atoms with Gasteiger partial charge in [0.05, 0.1) is 18.9 Å². The molecule has 0 unspecified atom stereocenters. The van der Waals surface area contributed by atoms with Gasteiger partial charge in [-0.2, -0.15) is 5.10 Å². The van der Waals surface area contributed by atoms with Crippen molar-refractivity contribution in [3.8, 4) is 5.69 Å². The Labute approximate surface area is 186 Å². The third kappa shape index (κ3) is 4.03. The lowest BCUT2D eigenvalue weighted by Crippen LogP contribution is -2.18. The number of hydrogen-bond donors (Lipinski definition) is 1. The Morgan fingerprint density at radius 3 is 2.44 bits per heavy atom. The van der Waals surface area contributed by atoms with Gasteiger partial charge in [-0.15, -0.1) is 0 Å². The first kappa shape index (κ1) is 21.1. The highest BCUT2D eigenvalue weighted by Crippen LogP contribution is 2.21. The van der Waals surface area contributed by atoms with E-state index in [1.165, 1.54) is 7.11 Å². The molecule has 0 saturated carbocycles. The maximum Gasteiger partial charge on any atom is 0.337 e. The first-order valence-corrected chi connectivity index (χ1v) is 10.2. The molecule has 6 heteroatoms. The van der Waals surface area contributed by atoms with Crippen LogP contribution in [0.25, 0.3) is 16.5 Å². The van der Waals surface area contributed by atoms with Crippen LogP contribution in [0, 0.1) is 13.8 Å². The Morgan fingerprint density at radius 2 is 1.69 bits per heavy atom. The summed E-state index contributed by atoms with van der Waals surface area (Å²) in [7, 11) is 1.36. The van der Waals surface area contributed by atoms with E-state index in [2.05, 4.69) is 15.1 Å². The fourth-order valence-electron chi connectivity index (χ4n) is 3.82. The number of carbonyl (C=O) groups excluding carboxylic acids is 2. The Kier molecular flexibility index (Phi) is 5.85. The van der Waals surface area contributed by atoms with Crippen LogP contribution in [0.4, 0.5) is 0 Å². The number of hydrogen-bond acceptors (Lipinski definition) is 4. The van der Waals surface area contributed by atoms with Gasteiger partial charge in [0, 0.05) is 28.2 Å². The molecule has 0 fully saturated rings. The first-order valence-electron chi connectivity index (χ1n) is 10.2. The minimum absolute atomic E-state index is 0.259. The smallest absolute Gasteiger partial charge is 0.337 e. The van der Waals surface area contributed by atoms with E-state index in [4.69, 9.17) is 4.74 Å². The van der Waals surface area contributed by atoms with Gasteiger partial charge < -0.3 is 9.30 Å². The molecule has 4 rings (SSSR count). The van der Waals surface area contributed by atoms with Gasteiger partial charge in [0.1, 0.15) is 0 Å². The highest BCUT2D eigenvalue weighted by molar-refractivity contribution is 6.07. The van der Waals surface area contributed by atoms with E-state index in [0.29, 0.717) is 11.1 Å². The summed E-state index contributed by atoms with van der Waals surface area (Å²) in [5.74, 6) is -0.627. The summed E-state index contributed by atoms with van der Waals surface area (Å²) in [6.07, 6.45) is 1.64. The maximum absolute atomic E-state index is 12.7. The normalized spacial score (nSPS) is 11.1. The van der Waals surface area contributed by atoms with Crippen LogP contribution in [0.2, 0.25) is 0 Å². The van der Waals surface area contributed by atoms with Gasteiger partial charge in [0.2, 0.25) is 0 Å². The predicted octanol–water partition coefficient (Wildman–Crippen LogP) is 4.80. The number of rotatable bonds is 5. The van der Waals surface area contributed by atoms with Crippen LogP contribution in [0.1, 0.15) is 37.7 Å². The molecule has 0 atom stereocenters. The van der Waals surface area contributed by atoms with Gasteiger partial charge >= 0.3 is 5.97 Å². The van der Waals surface area contributed by atoms with Gasteiger partial charge in [-0.1, -0.05) is 36.4 Å². The van der Waals surface area contributed by atoms with E-state index in [0.717, 1.165) is 33.4 Å². The summed E-state index contributed by atoms with van der Waals surface area (Å²) in [5.41, 5.74) is 7.50. The Hall–Kier alpha value is -4.19. The van der Waals surface area contributed by atoms with E-state index < -0.39 is 0 Å². The van der Waals surface area contributed by atoms with Crippen molar-refractivity contribution >= 4 is 28.9 Å². The molecule has 0 bridgehead atoms. The monoisotopic (exact) mass is 425 g/mol. The Morgan fingerprint density at radius 1 is 0.969 bits per heavy atom. The van der Waals surface area contributed by atoms with Gasteiger partial charge in [-0.05, 0) is 61.0 Å². The van der Waals surface area contributed by atoms with E-state index in [1.54, 1.807) is 24.4 Å². The van der Waals surface area contributed by atoms with Crippen LogP contribution in [0.5, 0.6) is 0 Å². The zero-order valence-electron chi connectivity index (χ0n) is 18.1. The van der Waals surface area contributed by atoms with Crippen LogP contribution in [0.15, 0.2) is 77.9 Å². The number of benzene rings is 3. The van der Waals surface area contributed by atoms with E-state index >= 15 is 0 Å². The van der Waals surface area contributed by atoms with Gasteiger partial charge in [0.25, 0.3) is 5.91 Å². The Balaban J connectivity index is 1.54.